The zero-order valence-electron chi connectivity index (χ0n) is 14.9. The minimum Gasteiger partial charge on any atom is -0.385 e. The van der Waals surface area contributed by atoms with Gasteiger partial charge in [0.05, 0.1) is 6.42 Å². The minimum absolute atomic E-state index is 0.240. The first kappa shape index (κ1) is 18.0. The Morgan fingerprint density at radius 2 is 1.78 bits per heavy atom. The van der Waals surface area contributed by atoms with Gasteiger partial charge in [0.2, 0.25) is 5.91 Å². The molecule has 1 saturated heterocycles. The van der Waals surface area contributed by atoms with Crippen molar-refractivity contribution in [1.29, 1.82) is 0 Å². The summed E-state index contributed by atoms with van der Waals surface area (Å²) in [5.74, 6) is 0.240. The van der Waals surface area contributed by atoms with Gasteiger partial charge in [-0.3, -0.25) is 9.69 Å². The highest BCUT2D eigenvalue weighted by Gasteiger charge is 2.31. The van der Waals surface area contributed by atoms with Gasteiger partial charge in [-0.1, -0.05) is 29.8 Å². The molecule has 0 bridgehead atoms. The van der Waals surface area contributed by atoms with Crippen molar-refractivity contribution in [2.24, 2.45) is 0 Å². The van der Waals surface area contributed by atoms with Crippen LogP contribution in [0.2, 0.25) is 0 Å². The number of carbonyl (C=O) groups is 1. The lowest BCUT2D eigenvalue weighted by atomic mass is 10.0. The van der Waals surface area contributed by atoms with Crippen LogP contribution in [-0.4, -0.2) is 61.1 Å². The van der Waals surface area contributed by atoms with E-state index in [-0.39, 0.29) is 5.91 Å². The molecule has 4 heteroatoms. The molecule has 1 aliphatic heterocycles. The Morgan fingerprint density at radius 1 is 1.17 bits per heavy atom. The molecule has 1 amide bonds. The zero-order valence-corrected chi connectivity index (χ0v) is 14.9. The molecule has 0 radical (unpaired) electrons. The summed E-state index contributed by atoms with van der Waals surface area (Å²) in [5.41, 5.74) is 2.33. The van der Waals surface area contributed by atoms with Gasteiger partial charge < -0.3 is 9.64 Å². The van der Waals surface area contributed by atoms with E-state index in [0.717, 1.165) is 38.2 Å². The van der Waals surface area contributed by atoms with Crippen LogP contribution in [0.3, 0.4) is 0 Å². The van der Waals surface area contributed by atoms with Gasteiger partial charge in [-0.05, 0) is 32.8 Å². The second-order valence-electron chi connectivity index (χ2n) is 6.74. The fourth-order valence-corrected chi connectivity index (χ4v) is 3.38. The summed E-state index contributed by atoms with van der Waals surface area (Å²) >= 11 is 0. The minimum atomic E-state index is 0.240. The number of hydrogen-bond donors (Lipinski definition) is 0. The van der Waals surface area contributed by atoms with Gasteiger partial charge in [0.1, 0.15) is 0 Å². The molecule has 1 heterocycles. The fraction of sp³-hybridized carbons (Fsp3) is 0.632. The highest BCUT2D eigenvalue weighted by Crippen LogP contribution is 2.17. The molecule has 1 fully saturated rings. The Kier molecular flexibility index (Phi) is 6.60. The Morgan fingerprint density at radius 3 is 2.35 bits per heavy atom. The molecule has 0 aromatic heterocycles. The molecular formula is C19H30N2O2. The summed E-state index contributed by atoms with van der Waals surface area (Å²) < 4.78 is 5.15. The normalized spacial score (nSPS) is 22.3. The van der Waals surface area contributed by atoms with Crippen LogP contribution >= 0.6 is 0 Å². The third kappa shape index (κ3) is 5.05. The van der Waals surface area contributed by atoms with Crippen LogP contribution < -0.4 is 0 Å². The molecular weight excluding hydrogens is 288 g/mol. The van der Waals surface area contributed by atoms with Gasteiger partial charge in [-0.15, -0.1) is 0 Å². The van der Waals surface area contributed by atoms with E-state index in [4.69, 9.17) is 4.74 Å². The molecule has 0 aliphatic carbocycles. The summed E-state index contributed by atoms with van der Waals surface area (Å²) in [7, 11) is 1.74. The number of nitrogens with zero attached hydrogens (tertiary/aromatic N) is 2. The molecule has 23 heavy (non-hydrogen) atoms. The van der Waals surface area contributed by atoms with Gasteiger partial charge in [0, 0.05) is 45.4 Å². The quantitative estimate of drug-likeness (QED) is 0.756. The Labute approximate surface area is 140 Å². The molecule has 128 valence electrons. The number of carbonyl (C=O) groups excluding carboxylic acids is 1. The maximum Gasteiger partial charge on any atom is 0.227 e. The van der Waals surface area contributed by atoms with E-state index < -0.39 is 0 Å². The molecule has 0 saturated carbocycles. The molecule has 0 spiro atoms. The summed E-state index contributed by atoms with van der Waals surface area (Å²) in [6.45, 7) is 9.98. The van der Waals surface area contributed by atoms with Crippen molar-refractivity contribution >= 4 is 5.91 Å². The smallest absolute Gasteiger partial charge is 0.227 e. The molecule has 1 aromatic carbocycles. The first-order chi connectivity index (χ1) is 11.0. The van der Waals surface area contributed by atoms with Crippen LogP contribution in [0.25, 0.3) is 0 Å². The van der Waals surface area contributed by atoms with E-state index in [9.17, 15) is 4.79 Å². The largest absolute Gasteiger partial charge is 0.385 e. The van der Waals surface area contributed by atoms with Crippen molar-refractivity contribution in [2.45, 2.75) is 45.7 Å². The zero-order chi connectivity index (χ0) is 16.8. The summed E-state index contributed by atoms with van der Waals surface area (Å²) in [6, 6.07) is 9.06. The van der Waals surface area contributed by atoms with Gasteiger partial charge in [-0.25, -0.2) is 0 Å². The van der Waals surface area contributed by atoms with Crippen LogP contribution in [0, 0.1) is 6.92 Å². The number of aryl methyl sites for hydroxylation is 1. The highest BCUT2D eigenvalue weighted by molar-refractivity contribution is 5.79. The first-order valence-corrected chi connectivity index (χ1v) is 8.59. The number of ether oxygens (including phenoxy) is 1. The molecule has 0 N–H and O–H groups in total. The van der Waals surface area contributed by atoms with E-state index in [1.165, 1.54) is 5.56 Å². The van der Waals surface area contributed by atoms with Crippen LogP contribution in [-0.2, 0) is 16.0 Å². The lowest BCUT2D eigenvalue weighted by Crippen LogP contribution is -2.58. The number of rotatable bonds is 6. The van der Waals surface area contributed by atoms with Crippen molar-refractivity contribution in [3.05, 3.63) is 35.4 Å². The highest BCUT2D eigenvalue weighted by atomic mass is 16.5. The average Bonchev–Trinajstić information content (AvgIpc) is 2.52. The van der Waals surface area contributed by atoms with E-state index in [0.29, 0.717) is 18.5 Å². The second-order valence-corrected chi connectivity index (χ2v) is 6.74. The second kappa shape index (κ2) is 8.46. The molecule has 1 aliphatic rings. The van der Waals surface area contributed by atoms with Crippen molar-refractivity contribution in [3.63, 3.8) is 0 Å². The average molecular weight is 318 g/mol. The fourth-order valence-electron chi connectivity index (χ4n) is 3.38. The van der Waals surface area contributed by atoms with Gasteiger partial charge in [-0.2, -0.15) is 0 Å². The van der Waals surface area contributed by atoms with E-state index in [1.807, 2.05) is 4.90 Å². The monoisotopic (exact) mass is 318 g/mol. The summed E-state index contributed by atoms with van der Waals surface area (Å²) in [4.78, 5) is 17.1. The van der Waals surface area contributed by atoms with Crippen LogP contribution in [0.1, 0.15) is 31.4 Å². The van der Waals surface area contributed by atoms with Gasteiger partial charge >= 0.3 is 0 Å². The molecule has 1 aromatic rings. The van der Waals surface area contributed by atoms with Crippen molar-refractivity contribution in [3.8, 4) is 0 Å². The van der Waals surface area contributed by atoms with E-state index in [1.54, 1.807) is 7.11 Å². The topological polar surface area (TPSA) is 32.8 Å². The third-order valence-corrected chi connectivity index (χ3v) is 4.69. The van der Waals surface area contributed by atoms with Gasteiger partial charge in [0.25, 0.3) is 0 Å². The van der Waals surface area contributed by atoms with E-state index in [2.05, 4.69) is 49.9 Å². The lowest BCUT2D eigenvalue weighted by molar-refractivity contribution is -0.134. The standard InChI is InChI=1S/C19H30N2O2/c1-15-6-8-18(9-7-15)12-19(22)20-13-16(2)21(17(3)14-20)10-5-11-23-4/h6-9,16-17H,5,10-14H2,1-4H3. The number of piperazine rings is 1. The predicted octanol–water partition coefficient (Wildman–Crippen LogP) is 2.50. The molecule has 2 rings (SSSR count). The first-order valence-electron chi connectivity index (χ1n) is 8.59. The van der Waals surface area contributed by atoms with E-state index >= 15 is 0 Å². The van der Waals surface area contributed by atoms with Crippen molar-refractivity contribution in [1.82, 2.24) is 9.80 Å². The third-order valence-electron chi connectivity index (χ3n) is 4.69. The van der Waals surface area contributed by atoms with Crippen LogP contribution in [0.5, 0.6) is 0 Å². The van der Waals surface area contributed by atoms with Crippen LogP contribution in [0.4, 0.5) is 0 Å². The Bertz CT molecular complexity index is 489. The SMILES string of the molecule is COCCCN1C(C)CN(C(=O)Cc2ccc(C)cc2)CC1C. The van der Waals surface area contributed by atoms with Crippen molar-refractivity contribution in [2.75, 3.05) is 33.4 Å². The Balaban J connectivity index is 1.89. The molecule has 4 nitrogen and oxygen atoms in total. The molecule has 2 unspecified atom stereocenters. The van der Waals surface area contributed by atoms with Gasteiger partial charge in [0.15, 0.2) is 0 Å². The maximum atomic E-state index is 12.6. The number of hydrogen-bond acceptors (Lipinski definition) is 3. The number of amides is 1. The van der Waals surface area contributed by atoms with Crippen LogP contribution in [0.15, 0.2) is 24.3 Å². The predicted molar refractivity (Wildman–Crippen MR) is 93.6 cm³/mol. The number of methoxy groups -OCH3 is 1. The maximum absolute atomic E-state index is 12.6. The molecule has 2 atom stereocenters. The summed E-state index contributed by atoms with van der Waals surface area (Å²) in [5, 5.41) is 0. The lowest BCUT2D eigenvalue weighted by Gasteiger charge is -2.44. The summed E-state index contributed by atoms with van der Waals surface area (Å²) in [6.07, 6.45) is 1.55. The van der Waals surface area contributed by atoms with Crippen molar-refractivity contribution < 1.29 is 9.53 Å². The Hall–Kier alpha value is -1.39. The number of benzene rings is 1.